The molecule has 0 radical (unpaired) electrons. The SMILES string of the molecule is Nc1cccc(C2CNCCN2)n1. The minimum atomic E-state index is 0.303. The number of piperazine rings is 1. The molecular formula is C9H14N4. The number of anilines is 1. The van der Waals surface area contributed by atoms with Crippen LogP contribution in [0.3, 0.4) is 0 Å². The van der Waals surface area contributed by atoms with Crippen LogP contribution in [0.2, 0.25) is 0 Å². The van der Waals surface area contributed by atoms with Crippen LogP contribution in [0, 0.1) is 0 Å². The second-order valence-electron chi connectivity index (χ2n) is 3.20. The first-order chi connectivity index (χ1) is 6.36. The highest BCUT2D eigenvalue weighted by Gasteiger charge is 2.14. The van der Waals surface area contributed by atoms with Gasteiger partial charge in [-0.25, -0.2) is 4.98 Å². The van der Waals surface area contributed by atoms with Gasteiger partial charge in [0.1, 0.15) is 5.82 Å². The van der Waals surface area contributed by atoms with Crippen LogP contribution in [0.4, 0.5) is 5.82 Å². The van der Waals surface area contributed by atoms with Crippen molar-refractivity contribution in [3.8, 4) is 0 Å². The van der Waals surface area contributed by atoms with E-state index in [0.29, 0.717) is 11.9 Å². The maximum atomic E-state index is 5.61. The molecule has 1 aliphatic heterocycles. The van der Waals surface area contributed by atoms with E-state index in [-0.39, 0.29) is 0 Å². The number of rotatable bonds is 1. The van der Waals surface area contributed by atoms with Crippen molar-refractivity contribution in [2.24, 2.45) is 0 Å². The fourth-order valence-electron chi connectivity index (χ4n) is 1.53. The number of nitrogens with two attached hydrogens (primary N) is 1. The van der Waals surface area contributed by atoms with Gasteiger partial charge in [0, 0.05) is 19.6 Å². The first-order valence-corrected chi connectivity index (χ1v) is 4.53. The summed E-state index contributed by atoms with van der Waals surface area (Å²) in [5.41, 5.74) is 6.63. The number of hydrogen-bond acceptors (Lipinski definition) is 4. The molecular weight excluding hydrogens is 164 g/mol. The van der Waals surface area contributed by atoms with E-state index in [2.05, 4.69) is 15.6 Å². The number of aromatic nitrogens is 1. The molecule has 1 aliphatic rings. The van der Waals surface area contributed by atoms with Crippen LogP contribution in [0.5, 0.6) is 0 Å². The molecule has 1 saturated heterocycles. The fraction of sp³-hybridized carbons (Fsp3) is 0.444. The Morgan fingerprint density at radius 2 is 2.31 bits per heavy atom. The number of nitrogen functional groups attached to an aromatic ring is 1. The highest BCUT2D eigenvalue weighted by atomic mass is 15.1. The maximum absolute atomic E-state index is 5.61. The van der Waals surface area contributed by atoms with Gasteiger partial charge in [-0.2, -0.15) is 0 Å². The Hall–Kier alpha value is -1.13. The van der Waals surface area contributed by atoms with Crippen molar-refractivity contribution in [3.05, 3.63) is 23.9 Å². The third-order valence-corrected chi connectivity index (χ3v) is 2.19. The molecule has 0 bridgehead atoms. The van der Waals surface area contributed by atoms with Crippen molar-refractivity contribution < 1.29 is 0 Å². The average Bonchev–Trinajstić information content (AvgIpc) is 2.19. The largest absolute Gasteiger partial charge is 0.384 e. The van der Waals surface area contributed by atoms with Gasteiger partial charge in [-0.3, -0.25) is 0 Å². The van der Waals surface area contributed by atoms with Crippen molar-refractivity contribution in [3.63, 3.8) is 0 Å². The molecule has 4 nitrogen and oxygen atoms in total. The van der Waals surface area contributed by atoms with Crippen LogP contribution in [0.1, 0.15) is 11.7 Å². The second kappa shape index (κ2) is 3.72. The lowest BCUT2D eigenvalue weighted by molar-refractivity contribution is 0.423. The summed E-state index contributed by atoms with van der Waals surface area (Å²) < 4.78 is 0. The molecule has 1 atom stereocenters. The Morgan fingerprint density at radius 3 is 3.00 bits per heavy atom. The molecule has 2 heterocycles. The van der Waals surface area contributed by atoms with Crippen LogP contribution in [-0.4, -0.2) is 24.6 Å². The Bertz CT molecular complexity index is 281. The van der Waals surface area contributed by atoms with Crippen molar-refractivity contribution in [1.29, 1.82) is 0 Å². The topological polar surface area (TPSA) is 63.0 Å². The molecule has 4 heteroatoms. The van der Waals surface area contributed by atoms with Crippen molar-refractivity contribution >= 4 is 5.82 Å². The third kappa shape index (κ3) is 1.96. The molecule has 0 amide bonds. The number of nitrogens with zero attached hydrogens (tertiary/aromatic N) is 1. The smallest absolute Gasteiger partial charge is 0.123 e. The number of nitrogens with one attached hydrogen (secondary N) is 2. The second-order valence-corrected chi connectivity index (χ2v) is 3.20. The van der Waals surface area contributed by atoms with Gasteiger partial charge >= 0.3 is 0 Å². The van der Waals surface area contributed by atoms with Gasteiger partial charge in [0.15, 0.2) is 0 Å². The lowest BCUT2D eigenvalue weighted by Crippen LogP contribution is -2.42. The lowest BCUT2D eigenvalue weighted by atomic mass is 10.1. The Balaban J connectivity index is 2.14. The van der Waals surface area contributed by atoms with Crippen molar-refractivity contribution in [2.45, 2.75) is 6.04 Å². The van der Waals surface area contributed by atoms with E-state index in [1.165, 1.54) is 0 Å². The Morgan fingerprint density at radius 1 is 1.38 bits per heavy atom. The summed E-state index contributed by atoms with van der Waals surface area (Å²) in [5, 5.41) is 6.69. The molecule has 70 valence electrons. The minimum Gasteiger partial charge on any atom is -0.384 e. The first-order valence-electron chi connectivity index (χ1n) is 4.53. The van der Waals surface area contributed by atoms with Crippen LogP contribution >= 0.6 is 0 Å². The highest BCUT2D eigenvalue weighted by molar-refractivity contribution is 5.30. The van der Waals surface area contributed by atoms with E-state index in [1.54, 1.807) is 6.07 Å². The summed E-state index contributed by atoms with van der Waals surface area (Å²) in [5.74, 6) is 0.588. The van der Waals surface area contributed by atoms with Gasteiger partial charge in [-0.05, 0) is 12.1 Å². The zero-order valence-corrected chi connectivity index (χ0v) is 7.46. The molecule has 1 unspecified atom stereocenters. The van der Waals surface area contributed by atoms with E-state index < -0.39 is 0 Å². The summed E-state index contributed by atoms with van der Waals surface area (Å²) in [6, 6.07) is 6.05. The summed E-state index contributed by atoms with van der Waals surface area (Å²) >= 11 is 0. The maximum Gasteiger partial charge on any atom is 0.123 e. The van der Waals surface area contributed by atoms with Crippen LogP contribution in [0.15, 0.2) is 18.2 Å². The van der Waals surface area contributed by atoms with Crippen LogP contribution < -0.4 is 16.4 Å². The predicted molar refractivity (Wildman–Crippen MR) is 52.3 cm³/mol. The third-order valence-electron chi connectivity index (χ3n) is 2.19. The molecule has 0 saturated carbocycles. The number of pyridine rings is 1. The molecule has 4 N–H and O–H groups in total. The summed E-state index contributed by atoms with van der Waals surface area (Å²) in [4.78, 5) is 4.27. The van der Waals surface area contributed by atoms with Gasteiger partial charge in [0.2, 0.25) is 0 Å². The summed E-state index contributed by atoms with van der Waals surface area (Å²) in [7, 11) is 0. The van der Waals surface area contributed by atoms with Crippen molar-refractivity contribution in [1.82, 2.24) is 15.6 Å². The Labute approximate surface area is 77.5 Å². The van der Waals surface area contributed by atoms with Crippen LogP contribution in [0.25, 0.3) is 0 Å². The van der Waals surface area contributed by atoms with E-state index in [9.17, 15) is 0 Å². The average molecular weight is 178 g/mol. The molecule has 13 heavy (non-hydrogen) atoms. The fourth-order valence-corrected chi connectivity index (χ4v) is 1.53. The zero-order chi connectivity index (χ0) is 9.10. The van der Waals surface area contributed by atoms with Gasteiger partial charge in [-0.1, -0.05) is 6.07 Å². The molecule has 0 spiro atoms. The molecule has 0 aliphatic carbocycles. The number of hydrogen-bond donors (Lipinski definition) is 3. The normalized spacial score (nSPS) is 22.9. The highest BCUT2D eigenvalue weighted by Crippen LogP contribution is 2.11. The standard InChI is InChI=1S/C9H14N4/c10-9-3-1-2-7(13-9)8-6-11-4-5-12-8/h1-3,8,11-12H,4-6H2,(H2,10,13). The quantitative estimate of drug-likeness (QED) is 0.562. The summed E-state index contributed by atoms with van der Waals surface area (Å²) in [6.07, 6.45) is 0. The van der Waals surface area contributed by atoms with E-state index >= 15 is 0 Å². The lowest BCUT2D eigenvalue weighted by Gasteiger charge is -2.23. The van der Waals surface area contributed by atoms with E-state index in [0.717, 1.165) is 25.3 Å². The van der Waals surface area contributed by atoms with Gasteiger partial charge in [-0.15, -0.1) is 0 Å². The molecule has 1 fully saturated rings. The van der Waals surface area contributed by atoms with Crippen molar-refractivity contribution in [2.75, 3.05) is 25.4 Å². The van der Waals surface area contributed by atoms with Gasteiger partial charge in [0.05, 0.1) is 11.7 Å². The van der Waals surface area contributed by atoms with Gasteiger partial charge in [0.25, 0.3) is 0 Å². The van der Waals surface area contributed by atoms with Gasteiger partial charge < -0.3 is 16.4 Å². The zero-order valence-electron chi connectivity index (χ0n) is 7.46. The first kappa shape index (κ1) is 8.47. The summed E-state index contributed by atoms with van der Waals surface area (Å²) in [6.45, 7) is 2.94. The Kier molecular flexibility index (Phi) is 2.42. The van der Waals surface area contributed by atoms with E-state index in [4.69, 9.17) is 5.73 Å². The molecule has 0 aromatic carbocycles. The molecule has 2 rings (SSSR count). The molecule has 1 aromatic rings. The van der Waals surface area contributed by atoms with Crippen LogP contribution in [-0.2, 0) is 0 Å². The monoisotopic (exact) mass is 178 g/mol. The predicted octanol–water partition coefficient (Wildman–Crippen LogP) is -0.102. The van der Waals surface area contributed by atoms with E-state index in [1.807, 2.05) is 12.1 Å². The molecule has 1 aromatic heterocycles. The minimum absolute atomic E-state index is 0.303.